The maximum Gasteiger partial charge on any atom is 0.482 e. The highest BCUT2D eigenvalue weighted by molar-refractivity contribution is 7.63. The van der Waals surface area contributed by atoms with Gasteiger partial charge in [-0.05, 0) is 34.6 Å². The van der Waals surface area contributed by atoms with Crippen molar-refractivity contribution in [2.24, 2.45) is 4.74 Å². The van der Waals surface area contributed by atoms with Crippen molar-refractivity contribution in [3.63, 3.8) is 0 Å². The molecule has 0 atom stereocenters. The molecule has 7 nitrogen and oxygen atoms in total. The minimum Gasteiger partial charge on any atom is -0.303 e. The summed E-state index contributed by atoms with van der Waals surface area (Å²) in [4.78, 5) is 0. The molecule has 0 aromatic carbocycles. The van der Waals surface area contributed by atoms with Crippen LogP contribution in [0, 0.1) is 0 Å². The van der Waals surface area contributed by atoms with Crippen molar-refractivity contribution in [1.82, 2.24) is 0 Å². The SMILES string of the molecule is CCN=P(OCC)(OCC)OP(=O)(OCC)OCC. The van der Waals surface area contributed by atoms with E-state index in [9.17, 15) is 4.57 Å². The quantitative estimate of drug-likeness (QED) is 0.531. The Morgan fingerprint density at radius 1 is 0.789 bits per heavy atom. The van der Waals surface area contributed by atoms with Gasteiger partial charge in [0.25, 0.3) is 0 Å². The molecule has 0 heterocycles. The van der Waals surface area contributed by atoms with Crippen LogP contribution in [0.25, 0.3) is 0 Å². The van der Waals surface area contributed by atoms with Crippen LogP contribution < -0.4 is 0 Å². The standard InChI is InChI=1S/C10H25NO6P2/c1-6-11-18(13-7-2,14-8-3)17-19(12,15-9-4)16-10-5/h6-10H2,1-5H3. The van der Waals surface area contributed by atoms with Crippen molar-refractivity contribution in [2.75, 3.05) is 33.0 Å². The molecule has 0 aliphatic heterocycles. The fourth-order valence-electron chi connectivity index (χ4n) is 1.22. The van der Waals surface area contributed by atoms with E-state index in [1.807, 2.05) is 6.92 Å². The summed E-state index contributed by atoms with van der Waals surface area (Å²) in [5.74, 6) is 0. The summed E-state index contributed by atoms with van der Waals surface area (Å²) in [6, 6.07) is 0. The lowest BCUT2D eigenvalue weighted by atomic mass is 10.8. The Morgan fingerprint density at radius 2 is 1.21 bits per heavy atom. The average molecular weight is 317 g/mol. The van der Waals surface area contributed by atoms with Crippen LogP contribution in [0.4, 0.5) is 0 Å². The van der Waals surface area contributed by atoms with E-state index in [2.05, 4.69) is 4.74 Å². The maximum absolute atomic E-state index is 12.4. The molecule has 0 unspecified atom stereocenters. The van der Waals surface area contributed by atoms with E-state index in [0.717, 1.165) is 0 Å². The summed E-state index contributed by atoms with van der Waals surface area (Å²) in [7, 11) is -6.79. The average Bonchev–Trinajstić information content (AvgIpc) is 2.30. The lowest BCUT2D eigenvalue weighted by Crippen LogP contribution is -2.04. The Bertz CT molecular complexity index is 316. The lowest BCUT2D eigenvalue weighted by molar-refractivity contribution is 0.138. The highest BCUT2D eigenvalue weighted by Gasteiger charge is 2.37. The van der Waals surface area contributed by atoms with Crippen molar-refractivity contribution < 1.29 is 27.0 Å². The zero-order valence-electron chi connectivity index (χ0n) is 12.3. The van der Waals surface area contributed by atoms with Gasteiger partial charge in [0.05, 0.1) is 26.4 Å². The van der Waals surface area contributed by atoms with Crippen molar-refractivity contribution in [3.05, 3.63) is 0 Å². The Morgan fingerprint density at radius 3 is 1.53 bits per heavy atom. The molecule has 0 bridgehead atoms. The smallest absolute Gasteiger partial charge is 0.303 e. The lowest BCUT2D eigenvalue weighted by Gasteiger charge is -2.26. The van der Waals surface area contributed by atoms with Crippen LogP contribution in [-0.2, 0) is 27.0 Å². The fraction of sp³-hybridized carbons (Fsp3) is 1.00. The largest absolute Gasteiger partial charge is 0.482 e. The molecule has 0 aromatic heterocycles. The molecule has 9 heteroatoms. The summed E-state index contributed by atoms with van der Waals surface area (Å²) in [5, 5.41) is 0. The molecule has 0 N–H and O–H groups in total. The van der Waals surface area contributed by atoms with Crippen LogP contribution in [0.5, 0.6) is 0 Å². The molecule has 0 amide bonds. The summed E-state index contributed by atoms with van der Waals surface area (Å²) in [6.45, 7) is 10.3. The van der Waals surface area contributed by atoms with Gasteiger partial charge in [-0.3, -0.25) is 9.05 Å². The van der Waals surface area contributed by atoms with Crippen LogP contribution in [0.2, 0.25) is 0 Å². The molecule has 0 radical (unpaired) electrons. The van der Waals surface area contributed by atoms with E-state index in [1.165, 1.54) is 0 Å². The van der Waals surface area contributed by atoms with Crippen molar-refractivity contribution in [1.29, 1.82) is 0 Å². The molecule has 0 saturated heterocycles. The number of rotatable bonds is 11. The normalized spacial score (nSPS) is 12.7. The van der Waals surface area contributed by atoms with E-state index in [0.29, 0.717) is 19.8 Å². The van der Waals surface area contributed by atoms with E-state index >= 15 is 0 Å². The van der Waals surface area contributed by atoms with Gasteiger partial charge in [0.2, 0.25) is 0 Å². The number of nitrogens with zero attached hydrogens (tertiary/aromatic N) is 1. The highest BCUT2D eigenvalue weighted by atomic mass is 31.3. The molecule has 0 fully saturated rings. The molecule has 0 spiro atoms. The third-order valence-electron chi connectivity index (χ3n) is 1.68. The minimum absolute atomic E-state index is 0.196. The number of phosphoric acid groups is 1. The zero-order valence-corrected chi connectivity index (χ0v) is 14.1. The van der Waals surface area contributed by atoms with Gasteiger partial charge in [0, 0.05) is 6.54 Å². The number of hydrogen-bond acceptors (Lipinski definition) is 7. The van der Waals surface area contributed by atoms with Gasteiger partial charge in [-0.2, -0.15) is 0 Å². The van der Waals surface area contributed by atoms with Gasteiger partial charge >= 0.3 is 15.6 Å². The Hall–Kier alpha value is 0.260. The molecule has 0 aliphatic rings. The van der Waals surface area contributed by atoms with E-state index in [-0.39, 0.29) is 13.2 Å². The first-order valence-electron chi connectivity index (χ1n) is 6.48. The van der Waals surface area contributed by atoms with Crippen LogP contribution in [0.3, 0.4) is 0 Å². The highest BCUT2D eigenvalue weighted by Crippen LogP contribution is 2.67. The molecule has 0 rings (SSSR count). The van der Waals surface area contributed by atoms with Crippen molar-refractivity contribution >= 4 is 15.6 Å². The Kier molecular flexibility index (Phi) is 10.2. The van der Waals surface area contributed by atoms with Gasteiger partial charge < -0.3 is 9.05 Å². The maximum atomic E-state index is 12.4. The first-order chi connectivity index (χ1) is 9.01. The molecule has 19 heavy (non-hydrogen) atoms. The molecular formula is C10H25NO6P2. The second-order valence-electron chi connectivity index (χ2n) is 3.13. The van der Waals surface area contributed by atoms with Crippen molar-refractivity contribution in [3.8, 4) is 0 Å². The predicted molar refractivity (Wildman–Crippen MR) is 75.1 cm³/mol. The Labute approximate surface area is 115 Å². The van der Waals surface area contributed by atoms with E-state index < -0.39 is 15.6 Å². The molecule has 0 saturated carbocycles. The third kappa shape index (κ3) is 7.00. The minimum atomic E-state index is -3.72. The van der Waals surface area contributed by atoms with Crippen LogP contribution in [-0.4, -0.2) is 33.0 Å². The first-order valence-corrected chi connectivity index (χ1v) is 9.44. The number of phosphoric ester groups is 1. The Balaban J connectivity index is 5.25. The van der Waals surface area contributed by atoms with E-state index in [1.54, 1.807) is 27.7 Å². The van der Waals surface area contributed by atoms with E-state index in [4.69, 9.17) is 22.4 Å². The zero-order chi connectivity index (χ0) is 14.8. The van der Waals surface area contributed by atoms with Crippen molar-refractivity contribution in [2.45, 2.75) is 34.6 Å². The molecule has 0 aromatic rings. The van der Waals surface area contributed by atoms with Gasteiger partial charge in [-0.1, -0.05) is 0 Å². The molecule has 0 aliphatic carbocycles. The second-order valence-corrected chi connectivity index (χ2v) is 6.93. The summed E-state index contributed by atoms with van der Waals surface area (Å²) >= 11 is 0. The molecule has 116 valence electrons. The monoisotopic (exact) mass is 317 g/mol. The molecular weight excluding hydrogens is 292 g/mol. The predicted octanol–water partition coefficient (Wildman–Crippen LogP) is 4.22. The second kappa shape index (κ2) is 10.1. The van der Waals surface area contributed by atoms with Gasteiger partial charge in [0.1, 0.15) is 0 Å². The summed E-state index contributed by atoms with van der Waals surface area (Å²) in [5.41, 5.74) is 0. The van der Waals surface area contributed by atoms with Gasteiger partial charge in [0.15, 0.2) is 0 Å². The fourth-order valence-corrected chi connectivity index (χ4v) is 5.13. The van der Waals surface area contributed by atoms with Crippen LogP contribution >= 0.6 is 15.6 Å². The van der Waals surface area contributed by atoms with Crippen LogP contribution in [0.15, 0.2) is 4.74 Å². The number of hydrogen-bond donors (Lipinski definition) is 0. The summed E-state index contributed by atoms with van der Waals surface area (Å²) < 4.78 is 43.1. The topological polar surface area (TPSA) is 75.6 Å². The van der Waals surface area contributed by atoms with Gasteiger partial charge in [-0.15, -0.1) is 0 Å². The first kappa shape index (κ1) is 19.3. The van der Waals surface area contributed by atoms with Gasteiger partial charge in [-0.25, -0.2) is 13.6 Å². The third-order valence-corrected chi connectivity index (χ3v) is 6.25. The summed E-state index contributed by atoms with van der Waals surface area (Å²) in [6.07, 6.45) is 0. The van der Waals surface area contributed by atoms with Crippen LogP contribution in [0.1, 0.15) is 34.6 Å².